The van der Waals surface area contributed by atoms with Crippen molar-refractivity contribution < 1.29 is 9.84 Å². The number of benzene rings is 1. The molecule has 1 heterocycles. The fourth-order valence-corrected chi connectivity index (χ4v) is 1.66. The van der Waals surface area contributed by atoms with E-state index in [2.05, 4.69) is 4.98 Å². The van der Waals surface area contributed by atoms with Crippen molar-refractivity contribution in [2.24, 2.45) is 0 Å². The van der Waals surface area contributed by atoms with Gasteiger partial charge in [-0.1, -0.05) is 0 Å². The third kappa shape index (κ3) is 2.77. The lowest BCUT2D eigenvalue weighted by molar-refractivity contribution is 0.444. The van der Waals surface area contributed by atoms with Crippen LogP contribution in [0.25, 0.3) is 0 Å². The van der Waals surface area contributed by atoms with Crippen LogP contribution in [-0.4, -0.2) is 10.1 Å². The van der Waals surface area contributed by atoms with E-state index in [4.69, 9.17) is 10.00 Å². The lowest BCUT2D eigenvalue weighted by atomic mass is 10.2. The number of aromatic nitrogens is 1. The predicted octanol–water partition coefficient (Wildman–Crippen LogP) is 3.07. The quantitative estimate of drug-likeness (QED) is 0.876. The Labute approximate surface area is 105 Å². The van der Waals surface area contributed by atoms with Gasteiger partial charge in [-0.2, -0.15) is 5.26 Å². The third-order valence-corrected chi connectivity index (χ3v) is 2.32. The molecule has 0 fully saturated rings. The molecule has 0 spiro atoms. The molecule has 18 heavy (non-hydrogen) atoms. The van der Waals surface area contributed by atoms with Crippen LogP contribution >= 0.6 is 0 Å². The summed E-state index contributed by atoms with van der Waals surface area (Å²) >= 11 is 0. The van der Waals surface area contributed by atoms with Crippen molar-refractivity contribution in [3.63, 3.8) is 0 Å². The van der Waals surface area contributed by atoms with Crippen LogP contribution < -0.4 is 4.74 Å². The zero-order valence-corrected chi connectivity index (χ0v) is 10.1. The Bertz CT molecular complexity index is 610. The zero-order chi connectivity index (χ0) is 13.1. The Morgan fingerprint density at radius 2 is 1.94 bits per heavy atom. The molecule has 0 amide bonds. The largest absolute Gasteiger partial charge is 0.508 e. The summed E-state index contributed by atoms with van der Waals surface area (Å²) in [5.41, 5.74) is 2.09. The first-order valence-electron chi connectivity index (χ1n) is 5.44. The topological polar surface area (TPSA) is 66.1 Å². The minimum atomic E-state index is 0.137. The molecule has 0 aliphatic heterocycles. The summed E-state index contributed by atoms with van der Waals surface area (Å²) in [5.74, 6) is 0.976. The Morgan fingerprint density at radius 3 is 2.61 bits per heavy atom. The molecule has 1 aromatic carbocycles. The number of hydrogen-bond acceptors (Lipinski definition) is 4. The Hall–Kier alpha value is -2.54. The number of phenols is 1. The second-order valence-corrected chi connectivity index (χ2v) is 4.05. The van der Waals surface area contributed by atoms with E-state index in [9.17, 15) is 5.11 Å². The van der Waals surface area contributed by atoms with Crippen LogP contribution in [0.5, 0.6) is 17.4 Å². The van der Waals surface area contributed by atoms with Crippen molar-refractivity contribution >= 4 is 0 Å². The number of rotatable bonds is 2. The number of nitrogens with zero attached hydrogens (tertiary/aromatic N) is 2. The average molecular weight is 240 g/mol. The first-order chi connectivity index (χ1) is 8.56. The van der Waals surface area contributed by atoms with Gasteiger partial charge < -0.3 is 9.84 Å². The summed E-state index contributed by atoms with van der Waals surface area (Å²) in [6, 6.07) is 10.2. The number of pyridine rings is 1. The molecule has 0 bridgehead atoms. The van der Waals surface area contributed by atoms with Crippen molar-refractivity contribution in [2.75, 3.05) is 0 Å². The third-order valence-electron chi connectivity index (χ3n) is 2.32. The molecule has 0 aliphatic rings. The van der Waals surface area contributed by atoms with Crippen molar-refractivity contribution in [2.45, 2.75) is 13.8 Å². The maximum atomic E-state index is 9.47. The second-order valence-electron chi connectivity index (χ2n) is 4.05. The van der Waals surface area contributed by atoms with Gasteiger partial charge in [0.05, 0.1) is 11.6 Å². The molecule has 90 valence electrons. The highest BCUT2D eigenvalue weighted by Crippen LogP contribution is 2.26. The normalized spacial score (nSPS) is 9.83. The van der Waals surface area contributed by atoms with E-state index in [-0.39, 0.29) is 5.75 Å². The highest BCUT2D eigenvalue weighted by atomic mass is 16.5. The van der Waals surface area contributed by atoms with Gasteiger partial charge in [0.1, 0.15) is 11.5 Å². The highest BCUT2D eigenvalue weighted by Gasteiger charge is 2.04. The van der Waals surface area contributed by atoms with Gasteiger partial charge in [-0.15, -0.1) is 0 Å². The molecule has 0 unspecified atom stereocenters. The van der Waals surface area contributed by atoms with Gasteiger partial charge in [0.25, 0.3) is 0 Å². The number of hydrogen-bond donors (Lipinski definition) is 1. The van der Waals surface area contributed by atoms with Crippen LogP contribution in [0.1, 0.15) is 16.8 Å². The van der Waals surface area contributed by atoms with Crippen LogP contribution in [0, 0.1) is 25.2 Å². The van der Waals surface area contributed by atoms with E-state index in [0.29, 0.717) is 22.9 Å². The van der Waals surface area contributed by atoms with E-state index >= 15 is 0 Å². The first kappa shape index (κ1) is 11.9. The van der Waals surface area contributed by atoms with Crippen molar-refractivity contribution in [1.82, 2.24) is 4.98 Å². The van der Waals surface area contributed by atoms with E-state index < -0.39 is 0 Å². The van der Waals surface area contributed by atoms with Crippen molar-refractivity contribution in [1.29, 1.82) is 5.26 Å². The number of phenolic OH excluding ortho intramolecular Hbond substituents is 1. The molecule has 0 radical (unpaired) electrons. The molecule has 0 saturated carbocycles. The lowest BCUT2D eigenvalue weighted by Gasteiger charge is -2.07. The number of aromatic hydroxyl groups is 1. The summed E-state index contributed by atoms with van der Waals surface area (Å²) in [5, 5.41) is 18.3. The van der Waals surface area contributed by atoms with Gasteiger partial charge in [-0.25, -0.2) is 4.98 Å². The SMILES string of the molecule is Cc1cc(O)cc(Oc2cc(C#N)cc(C)n2)c1. The fourth-order valence-electron chi connectivity index (χ4n) is 1.66. The molecule has 0 aliphatic carbocycles. The molecule has 0 atom stereocenters. The Kier molecular flexibility index (Phi) is 3.16. The molecule has 4 nitrogen and oxygen atoms in total. The smallest absolute Gasteiger partial charge is 0.220 e. The van der Waals surface area contributed by atoms with E-state index in [0.717, 1.165) is 5.56 Å². The van der Waals surface area contributed by atoms with Crippen LogP contribution in [-0.2, 0) is 0 Å². The van der Waals surface area contributed by atoms with Gasteiger partial charge in [0.15, 0.2) is 0 Å². The van der Waals surface area contributed by atoms with Gasteiger partial charge in [0.2, 0.25) is 5.88 Å². The molecular weight excluding hydrogens is 228 g/mol. The maximum absolute atomic E-state index is 9.47. The molecule has 2 rings (SSSR count). The van der Waals surface area contributed by atoms with E-state index in [1.54, 1.807) is 31.2 Å². The predicted molar refractivity (Wildman–Crippen MR) is 66.6 cm³/mol. The summed E-state index contributed by atoms with van der Waals surface area (Å²) in [7, 11) is 0. The lowest BCUT2D eigenvalue weighted by Crippen LogP contribution is -1.92. The van der Waals surface area contributed by atoms with Gasteiger partial charge >= 0.3 is 0 Å². The van der Waals surface area contributed by atoms with E-state index in [1.165, 1.54) is 6.07 Å². The van der Waals surface area contributed by atoms with E-state index in [1.807, 2.05) is 13.0 Å². The fraction of sp³-hybridized carbons (Fsp3) is 0.143. The molecule has 1 aromatic heterocycles. The molecule has 0 saturated heterocycles. The van der Waals surface area contributed by atoms with Crippen molar-refractivity contribution in [3.8, 4) is 23.4 Å². The number of aryl methyl sites for hydroxylation is 2. The number of nitriles is 1. The average Bonchev–Trinajstić information content (AvgIpc) is 2.26. The Morgan fingerprint density at radius 1 is 1.17 bits per heavy atom. The van der Waals surface area contributed by atoms with Gasteiger partial charge in [0, 0.05) is 17.8 Å². The van der Waals surface area contributed by atoms with Crippen LogP contribution in [0.15, 0.2) is 30.3 Å². The minimum absolute atomic E-state index is 0.137. The summed E-state index contributed by atoms with van der Waals surface area (Å²) in [6.07, 6.45) is 0. The summed E-state index contributed by atoms with van der Waals surface area (Å²) < 4.78 is 5.54. The van der Waals surface area contributed by atoms with Crippen LogP contribution in [0.4, 0.5) is 0 Å². The van der Waals surface area contributed by atoms with Crippen molar-refractivity contribution in [3.05, 3.63) is 47.2 Å². The molecule has 1 N–H and O–H groups in total. The second kappa shape index (κ2) is 4.76. The summed E-state index contributed by atoms with van der Waals surface area (Å²) in [6.45, 7) is 3.65. The standard InChI is InChI=1S/C14H12N2O2/c1-9-3-12(17)7-13(4-9)18-14-6-11(8-15)5-10(2)16-14/h3-7,17H,1-2H3. The highest BCUT2D eigenvalue weighted by molar-refractivity contribution is 5.40. The zero-order valence-electron chi connectivity index (χ0n) is 10.1. The number of ether oxygens (including phenoxy) is 1. The Balaban J connectivity index is 2.34. The van der Waals surface area contributed by atoms with Crippen LogP contribution in [0.3, 0.4) is 0 Å². The van der Waals surface area contributed by atoms with Gasteiger partial charge in [-0.3, -0.25) is 0 Å². The van der Waals surface area contributed by atoms with Gasteiger partial charge in [-0.05, 0) is 37.6 Å². The first-order valence-corrected chi connectivity index (χ1v) is 5.44. The molecule has 2 aromatic rings. The van der Waals surface area contributed by atoms with Crippen LogP contribution in [0.2, 0.25) is 0 Å². The molecule has 4 heteroatoms. The molecular formula is C14H12N2O2. The monoisotopic (exact) mass is 240 g/mol. The minimum Gasteiger partial charge on any atom is -0.508 e. The summed E-state index contributed by atoms with van der Waals surface area (Å²) in [4.78, 5) is 4.18. The maximum Gasteiger partial charge on any atom is 0.220 e.